The summed E-state index contributed by atoms with van der Waals surface area (Å²) in [5.41, 5.74) is 5.55. The molecule has 0 atom stereocenters. The molecule has 1 aliphatic rings. The summed E-state index contributed by atoms with van der Waals surface area (Å²) >= 11 is 3.51. The minimum atomic E-state index is 0.899. The van der Waals surface area contributed by atoms with Crippen LogP contribution in [0.4, 0.5) is 5.69 Å². The van der Waals surface area contributed by atoms with Crippen LogP contribution in [0.2, 0.25) is 0 Å². The van der Waals surface area contributed by atoms with Crippen LogP contribution in [0.1, 0.15) is 16.7 Å². The molecule has 0 bridgehead atoms. The second-order valence-electron chi connectivity index (χ2n) is 5.37. The molecule has 0 saturated heterocycles. The van der Waals surface area contributed by atoms with E-state index in [4.69, 9.17) is 0 Å². The average molecular weight is 331 g/mol. The largest absolute Gasteiger partial charge is 0.374 e. The molecule has 20 heavy (non-hydrogen) atoms. The first kappa shape index (κ1) is 13.7. The van der Waals surface area contributed by atoms with E-state index in [2.05, 4.69) is 75.7 Å². The van der Waals surface area contributed by atoms with E-state index in [0.29, 0.717) is 0 Å². The smallest absolute Gasteiger partial charge is 0.0397 e. The molecule has 0 amide bonds. The van der Waals surface area contributed by atoms with Crippen LogP contribution in [0, 0.1) is 0 Å². The maximum absolute atomic E-state index is 3.51. The van der Waals surface area contributed by atoms with Gasteiger partial charge in [-0.2, -0.15) is 0 Å². The molecule has 2 aromatic rings. The number of benzene rings is 2. The first-order valence-electron chi connectivity index (χ1n) is 7.00. The number of hydrogen-bond acceptors (Lipinski definition) is 2. The maximum atomic E-state index is 3.51. The number of rotatable bonds is 4. The topological polar surface area (TPSA) is 15.3 Å². The normalized spacial score (nSPS) is 13.6. The highest BCUT2D eigenvalue weighted by atomic mass is 79.9. The van der Waals surface area contributed by atoms with Gasteiger partial charge in [-0.05, 0) is 41.3 Å². The summed E-state index contributed by atoms with van der Waals surface area (Å²) < 4.78 is 1.14. The van der Waals surface area contributed by atoms with Gasteiger partial charge in [0.05, 0.1) is 0 Å². The Balaban J connectivity index is 1.59. The first-order valence-corrected chi connectivity index (χ1v) is 7.80. The lowest BCUT2D eigenvalue weighted by Crippen LogP contribution is -2.13. The summed E-state index contributed by atoms with van der Waals surface area (Å²) in [5.74, 6) is 0. The lowest BCUT2D eigenvalue weighted by molar-refractivity contribution is 0.693. The maximum Gasteiger partial charge on any atom is 0.0397 e. The quantitative estimate of drug-likeness (QED) is 0.918. The van der Waals surface area contributed by atoms with E-state index in [1.807, 2.05) is 0 Å². The highest BCUT2D eigenvalue weighted by molar-refractivity contribution is 9.10. The molecule has 2 nitrogen and oxygen atoms in total. The fourth-order valence-corrected chi connectivity index (χ4v) is 3.17. The molecule has 0 spiro atoms. The molecule has 3 rings (SSSR count). The molecule has 0 aliphatic carbocycles. The van der Waals surface area contributed by atoms with E-state index < -0.39 is 0 Å². The van der Waals surface area contributed by atoms with Gasteiger partial charge in [0.15, 0.2) is 0 Å². The SMILES string of the molecule is CN1CCc2cc(CNCc3cccc(Br)c3)ccc21. The van der Waals surface area contributed by atoms with E-state index in [0.717, 1.165) is 24.1 Å². The predicted octanol–water partition coefficient (Wildman–Crippen LogP) is 3.73. The van der Waals surface area contributed by atoms with Crippen molar-refractivity contribution in [3.8, 4) is 0 Å². The molecule has 0 unspecified atom stereocenters. The molecule has 1 heterocycles. The van der Waals surface area contributed by atoms with Crippen molar-refractivity contribution in [1.29, 1.82) is 0 Å². The lowest BCUT2D eigenvalue weighted by atomic mass is 10.1. The molecule has 104 valence electrons. The predicted molar refractivity (Wildman–Crippen MR) is 88.1 cm³/mol. The fourth-order valence-electron chi connectivity index (χ4n) is 2.73. The Kier molecular flexibility index (Phi) is 4.08. The molecule has 2 aromatic carbocycles. The minimum absolute atomic E-state index is 0.899. The number of fused-ring (bicyclic) bond motifs is 1. The van der Waals surface area contributed by atoms with Crippen LogP contribution in [-0.4, -0.2) is 13.6 Å². The molecule has 0 radical (unpaired) electrons. The van der Waals surface area contributed by atoms with Crippen LogP contribution < -0.4 is 10.2 Å². The van der Waals surface area contributed by atoms with Crippen LogP contribution in [-0.2, 0) is 19.5 Å². The third-order valence-electron chi connectivity index (χ3n) is 3.82. The summed E-state index contributed by atoms with van der Waals surface area (Å²) in [6.45, 7) is 2.96. The Morgan fingerprint density at radius 1 is 1.10 bits per heavy atom. The van der Waals surface area contributed by atoms with Crippen LogP contribution in [0.3, 0.4) is 0 Å². The van der Waals surface area contributed by atoms with Gasteiger partial charge in [0.2, 0.25) is 0 Å². The Labute approximate surface area is 128 Å². The lowest BCUT2D eigenvalue weighted by Gasteiger charge is -2.12. The zero-order valence-corrected chi connectivity index (χ0v) is 13.3. The molecule has 1 aliphatic heterocycles. The Hall–Kier alpha value is -1.32. The second-order valence-corrected chi connectivity index (χ2v) is 6.28. The number of likely N-dealkylation sites (N-methyl/N-ethyl adjacent to an activating group) is 1. The summed E-state index contributed by atoms with van der Waals surface area (Å²) in [6, 6.07) is 15.3. The van der Waals surface area contributed by atoms with E-state index in [1.165, 1.54) is 28.8 Å². The number of hydrogen-bond donors (Lipinski definition) is 1. The van der Waals surface area contributed by atoms with Gasteiger partial charge < -0.3 is 10.2 Å². The first-order chi connectivity index (χ1) is 9.72. The van der Waals surface area contributed by atoms with Gasteiger partial charge in [-0.25, -0.2) is 0 Å². The van der Waals surface area contributed by atoms with E-state index >= 15 is 0 Å². The van der Waals surface area contributed by atoms with Crippen molar-refractivity contribution in [1.82, 2.24) is 5.32 Å². The van der Waals surface area contributed by atoms with Gasteiger partial charge in [0, 0.05) is 36.8 Å². The standard InChI is InChI=1S/C17H19BrN2/c1-20-8-7-15-9-14(5-6-17(15)20)12-19-11-13-3-2-4-16(18)10-13/h2-6,9-10,19H,7-8,11-12H2,1H3. The Morgan fingerprint density at radius 3 is 2.70 bits per heavy atom. The van der Waals surface area contributed by atoms with Gasteiger partial charge in [-0.15, -0.1) is 0 Å². The van der Waals surface area contributed by atoms with Crippen molar-refractivity contribution in [2.45, 2.75) is 19.5 Å². The van der Waals surface area contributed by atoms with Crippen LogP contribution in [0.25, 0.3) is 0 Å². The van der Waals surface area contributed by atoms with Gasteiger partial charge in [0.1, 0.15) is 0 Å². The molecule has 0 saturated carbocycles. The molecule has 0 fully saturated rings. The van der Waals surface area contributed by atoms with Crippen LogP contribution >= 0.6 is 15.9 Å². The van der Waals surface area contributed by atoms with Crippen LogP contribution in [0.15, 0.2) is 46.9 Å². The zero-order chi connectivity index (χ0) is 13.9. The minimum Gasteiger partial charge on any atom is -0.374 e. The Bertz CT molecular complexity index is 610. The van der Waals surface area contributed by atoms with Crippen molar-refractivity contribution >= 4 is 21.6 Å². The van der Waals surface area contributed by atoms with Gasteiger partial charge in [0.25, 0.3) is 0 Å². The summed E-state index contributed by atoms with van der Waals surface area (Å²) in [4.78, 5) is 2.33. The molecule has 3 heteroatoms. The number of nitrogens with zero attached hydrogens (tertiary/aromatic N) is 1. The van der Waals surface area contributed by atoms with Gasteiger partial charge in [-0.3, -0.25) is 0 Å². The zero-order valence-electron chi connectivity index (χ0n) is 11.7. The van der Waals surface area contributed by atoms with E-state index in [-0.39, 0.29) is 0 Å². The van der Waals surface area contributed by atoms with Crippen molar-refractivity contribution in [2.75, 3.05) is 18.5 Å². The third-order valence-corrected chi connectivity index (χ3v) is 4.31. The van der Waals surface area contributed by atoms with Gasteiger partial charge in [-0.1, -0.05) is 40.2 Å². The van der Waals surface area contributed by atoms with Crippen LogP contribution in [0.5, 0.6) is 0 Å². The molecule has 0 aromatic heterocycles. The summed E-state index contributed by atoms with van der Waals surface area (Å²) in [7, 11) is 2.16. The van der Waals surface area contributed by atoms with Crippen molar-refractivity contribution in [2.24, 2.45) is 0 Å². The highest BCUT2D eigenvalue weighted by Gasteiger charge is 2.15. The number of anilines is 1. The monoisotopic (exact) mass is 330 g/mol. The average Bonchev–Trinajstić information content (AvgIpc) is 2.80. The van der Waals surface area contributed by atoms with E-state index in [9.17, 15) is 0 Å². The number of halogens is 1. The van der Waals surface area contributed by atoms with Crippen molar-refractivity contribution in [3.63, 3.8) is 0 Å². The molecular weight excluding hydrogens is 312 g/mol. The third kappa shape index (κ3) is 3.05. The molecule has 1 N–H and O–H groups in total. The van der Waals surface area contributed by atoms with E-state index in [1.54, 1.807) is 0 Å². The second kappa shape index (κ2) is 5.98. The number of nitrogens with one attached hydrogen (secondary N) is 1. The summed E-state index contributed by atoms with van der Waals surface area (Å²) in [6.07, 6.45) is 1.17. The fraction of sp³-hybridized carbons (Fsp3) is 0.294. The van der Waals surface area contributed by atoms with Crippen molar-refractivity contribution in [3.05, 3.63) is 63.6 Å². The van der Waals surface area contributed by atoms with Crippen molar-refractivity contribution < 1.29 is 0 Å². The highest BCUT2D eigenvalue weighted by Crippen LogP contribution is 2.27. The van der Waals surface area contributed by atoms with Gasteiger partial charge >= 0.3 is 0 Å². The Morgan fingerprint density at radius 2 is 1.90 bits per heavy atom. The molecular formula is C17H19BrN2. The summed E-state index contributed by atoms with van der Waals surface area (Å²) in [5, 5.41) is 3.51.